The Morgan fingerprint density at radius 3 is 2.50 bits per heavy atom. The fourth-order valence-corrected chi connectivity index (χ4v) is 4.74. The highest BCUT2D eigenvalue weighted by atomic mass is 32.2. The van der Waals surface area contributed by atoms with E-state index in [9.17, 15) is 13.2 Å². The molecule has 0 saturated carbocycles. The molecule has 2 aliphatic rings. The predicted molar refractivity (Wildman–Crippen MR) is 85.5 cm³/mol. The Bertz CT molecular complexity index is 466. The first-order valence-electron chi connectivity index (χ1n) is 8.24. The van der Waals surface area contributed by atoms with Crippen molar-refractivity contribution in [2.75, 3.05) is 50.9 Å². The minimum atomic E-state index is -2.91. The van der Waals surface area contributed by atoms with Crippen molar-refractivity contribution >= 4 is 15.7 Å². The second kappa shape index (κ2) is 7.75. The van der Waals surface area contributed by atoms with Gasteiger partial charge in [-0.3, -0.25) is 9.69 Å². The summed E-state index contributed by atoms with van der Waals surface area (Å²) in [4.78, 5) is 16.8. The largest absolute Gasteiger partial charge is 0.380 e. The van der Waals surface area contributed by atoms with Crippen molar-refractivity contribution in [1.82, 2.24) is 9.80 Å². The van der Waals surface area contributed by atoms with Gasteiger partial charge in [0, 0.05) is 44.7 Å². The number of carbonyl (C=O) groups is 1. The molecule has 22 heavy (non-hydrogen) atoms. The van der Waals surface area contributed by atoms with Crippen molar-refractivity contribution in [3.63, 3.8) is 0 Å². The monoisotopic (exact) mass is 332 g/mol. The summed E-state index contributed by atoms with van der Waals surface area (Å²) in [6, 6.07) is 0.325. The van der Waals surface area contributed by atoms with Crippen LogP contribution in [0.25, 0.3) is 0 Å². The molecular formula is C15H28N2O4S. The van der Waals surface area contributed by atoms with Crippen LogP contribution in [-0.2, 0) is 19.4 Å². The van der Waals surface area contributed by atoms with E-state index >= 15 is 0 Å². The van der Waals surface area contributed by atoms with Gasteiger partial charge >= 0.3 is 0 Å². The highest BCUT2D eigenvalue weighted by molar-refractivity contribution is 7.91. The summed E-state index contributed by atoms with van der Waals surface area (Å²) in [5.74, 6) is 0.359. The molecule has 0 aromatic heterocycles. The maximum absolute atomic E-state index is 12.6. The van der Waals surface area contributed by atoms with Crippen LogP contribution in [0.1, 0.15) is 26.7 Å². The molecule has 1 amide bonds. The Kier molecular flexibility index (Phi) is 6.23. The van der Waals surface area contributed by atoms with Crippen molar-refractivity contribution in [1.29, 1.82) is 0 Å². The van der Waals surface area contributed by atoms with Crippen molar-refractivity contribution in [3.05, 3.63) is 0 Å². The number of hydrogen-bond acceptors (Lipinski definition) is 5. The maximum atomic E-state index is 12.6. The number of amides is 1. The van der Waals surface area contributed by atoms with E-state index < -0.39 is 9.84 Å². The van der Waals surface area contributed by atoms with Crippen molar-refractivity contribution in [3.8, 4) is 0 Å². The zero-order chi connectivity index (χ0) is 16.2. The van der Waals surface area contributed by atoms with Crippen LogP contribution in [0.5, 0.6) is 0 Å². The molecule has 2 rings (SSSR count). The summed E-state index contributed by atoms with van der Waals surface area (Å²) in [5, 5.41) is 0. The molecule has 0 aromatic carbocycles. The SMILES string of the molecule is CCOCCN1CCN(C(=O)C2CCS(=O)(=O)CC2)C[C@@H]1C. The highest BCUT2D eigenvalue weighted by Crippen LogP contribution is 2.22. The molecule has 0 unspecified atom stereocenters. The molecule has 2 fully saturated rings. The maximum Gasteiger partial charge on any atom is 0.225 e. The van der Waals surface area contributed by atoms with E-state index in [-0.39, 0.29) is 23.3 Å². The highest BCUT2D eigenvalue weighted by Gasteiger charge is 2.34. The van der Waals surface area contributed by atoms with Gasteiger partial charge in [0.1, 0.15) is 9.84 Å². The van der Waals surface area contributed by atoms with Gasteiger partial charge < -0.3 is 9.64 Å². The Balaban J connectivity index is 1.81. The number of piperazine rings is 1. The molecule has 0 spiro atoms. The lowest BCUT2D eigenvalue weighted by Crippen LogP contribution is -2.55. The van der Waals surface area contributed by atoms with Crippen LogP contribution in [0.4, 0.5) is 0 Å². The lowest BCUT2D eigenvalue weighted by atomic mass is 10.00. The zero-order valence-corrected chi connectivity index (χ0v) is 14.5. The van der Waals surface area contributed by atoms with Crippen LogP contribution >= 0.6 is 0 Å². The van der Waals surface area contributed by atoms with E-state index in [1.54, 1.807) is 0 Å². The van der Waals surface area contributed by atoms with Crippen LogP contribution in [0.3, 0.4) is 0 Å². The number of carbonyl (C=O) groups excluding carboxylic acids is 1. The van der Waals surface area contributed by atoms with E-state index in [1.807, 2.05) is 11.8 Å². The van der Waals surface area contributed by atoms with E-state index in [0.717, 1.165) is 39.4 Å². The second-order valence-electron chi connectivity index (χ2n) is 6.29. The van der Waals surface area contributed by atoms with Gasteiger partial charge in [-0.15, -0.1) is 0 Å². The third-order valence-corrected chi connectivity index (χ3v) is 6.42. The molecule has 0 N–H and O–H groups in total. The average Bonchev–Trinajstić information content (AvgIpc) is 2.48. The molecule has 0 bridgehead atoms. The van der Waals surface area contributed by atoms with E-state index in [2.05, 4.69) is 11.8 Å². The van der Waals surface area contributed by atoms with Gasteiger partial charge in [-0.05, 0) is 26.7 Å². The number of ether oxygens (including phenoxy) is 1. The summed E-state index contributed by atoms with van der Waals surface area (Å²) in [7, 11) is -2.91. The quantitative estimate of drug-likeness (QED) is 0.681. The van der Waals surface area contributed by atoms with Gasteiger partial charge in [0.15, 0.2) is 0 Å². The lowest BCUT2D eigenvalue weighted by Gasteiger charge is -2.41. The Morgan fingerprint density at radius 2 is 1.91 bits per heavy atom. The van der Waals surface area contributed by atoms with Gasteiger partial charge in [-0.25, -0.2) is 8.42 Å². The summed E-state index contributed by atoms with van der Waals surface area (Å²) in [5.41, 5.74) is 0. The first-order valence-corrected chi connectivity index (χ1v) is 10.1. The Hall–Kier alpha value is -0.660. The smallest absolute Gasteiger partial charge is 0.225 e. The van der Waals surface area contributed by atoms with E-state index in [0.29, 0.717) is 18.9 Å². The van der Waals surface area contributed by atoms with Crippen LogP contribution in [0, 0.1) is 5.92 Å². The van der Waals surface area contributed by atoms with Gasteiger partial charge in [-0.2, -0.15) is 0 Å². The van der Waals surface area contributed by atoms with Gasteiger partial charge in [0.25, 0.3) is 0 Å². The molecule has 2 saturated heterocycles. The molecule has 0 aromatic rings. The molecule has 0 aliphatic carbocycles. The zero-order valence-electron chi connectivity index (χ0n) is 13.7. The average molecular weight is 332 g/mol. The lowest BCUT2D eigenvalue weighted by molar-refractivity contribution is -0.138. The second-order valence-corrected chi connectivity index (χ2v) is 8.60. The molecule has 1 atom stereocenters. The van der Waals surface area contributed by atoms with Crippen LogP contribution in [0.2, 0.25) is 0 Å². The number of rotatable bonds is 5. The number of hydrogen-bond donors (Lipinski definition) is 0. The fraction of sp³-hybridized carbons (Fsp3) is 0.933. The minimum Gasteiger partial charge on any atom is -0.380 e. The number of sulfone groups is 1. The summed E-state index contributed by atoms with van der Waals surface area (Å²) in [6.07, 6.45) is 0.972. The normalized spacial score (nSPS) is 27.0. The first-order chi connectivity index (χ1) is 10.4. The summed E-state index contributed by atoms with van der Waals surface area (Å²) < 4.78 is 28.3. The molecule has 7 heteroatoms. The molecule has 128 valence electrons. The minimum absolute atomic E-state index is 0.106. The van der Waals surface area contributed by atoms with Crippen LogP contribution in [0.15, 0.2) is 0 Å². The van der Waals surface area contributed by atoms with Gasteiger partial charge in [0.2, 0.25) is 5.91 Å². The first kappa shape index (κ1) is 17.7. The van der Waals surface area contributed by atoms with E-state index in [1.165, 1.54) is 0 Å². The molecular weight excluding hydrogens is 304 g/mol. The Labute approximate surface area is 133 Å². The summed E-state index contributed by atoms with van der Waals surface area (Å²) in [6.45, 7) is 8.82. The topological polar surface area (TPSA) is 66.9 Å². The van der Waals surface area contributed by atoms with E-state index in [4.69, 9.17) is 4.74 Å². The molecule has 2 heterocycles. The third-order valence-electron chi connectivity index (χ3n) is 4.71. The van der Waals surface area contributed by atoms with Gasteiger partial charge in [-0.1, -0.05) is 0 Å². The molecule has 2 aliphatic heterocycles. The number of nitrogens with zero attached hydrogens (tertiary/aromatic N) is 2. The van der Waals surface area contributed by atoms with Crippen molar-refractivity contribution < 1.29 is 17.9 Å². The van der Waals surface area contributed by atoms with Crippen LogP contribution < -0.4 is 0 Å². The molecule has 6 nitrogen and oxygen atoms in total. The molecule has 0 radical (unpaired) electrons. The van der Waals surface area contributed by atoms with Crippen LogP contribution in [-0.4, -0.2) is 81.1 Å². The van der Waals surface area contributed by atoms with Crippen molar-refractivity contribution in [2.45, 2.75) is 32.7 Å². The standard InChI is InChI=1S/C15H28N2O4S/c1-3-21-9-8-16-6-7-17(12-13(16)2)15(18)14-4-10-22(19,20)11-5-14/h13-14H,3-12H2,1-2H3/t13-/m0/s1. The Morgan fingerprint density at radius 1 is 1.23 bits per heavy atom. The van der Waals surface area contributed by atoms with Gasteiger partial charge in [0.05, 0.1) is 18.1 Å². The summed E-state index contributed by atoms with van der Waals surface area (Å²) >= 11 is 0. The fourth-order valence-electron chi connectivity index (χ4n) is 3.25. The predicted octanol–water partition coefficient (Wildman–Crippen LogP) is 0.380. The van der Waals surface area contributed by atoms with Crippen molar-refractivity contribution in [2.24, 2.45) is 5.92 Å². The third kappa shape index (κ3) is 4.67.